The minimum Gasteiger partial charge on any atom is -0.297 e. The monoisotopic (exact) mass is 355 g/mol. The topological polar surface area (TPSA) is 67.4 Å². The van der Waals surface area contributed by atoms with Crippen LogP contribution in [0.5, 0.6) is 0 Å². The van der Waals surface area contributed by atoms with Gasteiger partial charge in [0, 0.05) is 32.7 Å². The van der Waals surface area contributed by atoms with Gasteiger partial charge in [-0.15, -0.1) is 0 Å². The minimum atomic E-state index is -0.342. The van der Waals surface area contributed by atoms with E-state index in [0.29, 0.717) is 18.1 Å². The van der Waals surface area contributed by atoms with Gasteiger partial charge >= 0.3 is 5.69 Å². The van der Waals surface area contributed by atoms with Gasteiger partial charge in [-0.2, -0.15) is 5.10 Å². The number of nitro groups is 1. The Morgan fingerprint density at radius 2 is 1.77 bits per heavy atom. The molecule has 26 heavy (non-hydrogen) atoms. The van der Waals surface area contributed by atoms with Crippen LogP contribution in [0, 0.1) is 24.0 Å². The molecule has 0 N–H and O–H groups in total. The predicted molar refractivity (Wildman–Crippen MR) is 102 cm³/mol. The maximum absolute atomic E-state index is 11.1. The molecule has 2 heterocycles. The van der Waals surface area contributed by atoms with Gasteiger partial charge in [-0.1, -0.05) is 42.5 Å². The molecule has 0 unspecified atom stereocenters. The largest absolute Gasteiger partial charge is 0.312 e. The minimum absolute atomic E-state index is 0.134. The number of nitrogens with zero attached hydrogens (tertiary/aromatic N) is 5. The Morgan fingerprint density at radius 3 is 2.38 bits per heavy atom. The summed E-state index contributed by atoms with van der Waals surface area (Å²) < 4.78 is 1.75. The number of benzene rings is 1. The lowest BCUT2D eigenvalue weighted by atomic mass is 10.2. The van der Waals surface area contributed by atoms with Crippen molar-refractivity contribution in [3.63, 3.8) is 0 Å². The zero-order valence-electron chi connectivity index (χ0n) is 15.3. The van der Waals surface area contributed by atoms with Crippen molar-refractivity contribution in [2.45, 2.75) is 20.5 Å². The fraction of sp³-hybridized carbons (Fsp3) is 0.421. The van der Waals surface area contributed by atoms with Crippen molar-refractivity contribution in [3.8, 4) is 0 Å². The van der Waals surface area contributed by atoms with E-state index in [4.69, 9.17) is 0 Å². The smallest absolute Gasteiger partial charge is 0.297 e. The van der Waals surface area contributed by atoms with Crippen LogP contribution in [0.25, 0.3) is 6.08 Å². The van der Waals surface area contributed by atoms with E-state index in [2.05, 4.69) is 39.2 Å². The summed E-state index contributed by atoms with van der Waals surface area (Å²) >= 11 is 0. The number of piperazine rings is 1. The van der Waals surface area contributed by atoms with E-state index in [1.807, 2.05) is 18.2 Å². The fourth-order valence-corrected chi connectivity index (χ4v) is 3.29. The van der Waals surface area contributed by atoms with Crippen LogP contribution in [-0.2, 0) is 6.67 Å². The molecule has 1 saturated heterocycles. The van der Waals surface area contributed by atoms with Crippen molar-refractivity contribution < 1.29 is 4.92 Å². The first kappa shape index (κ1) is 18.3. The van der Waals surface area contributed by atoms with E-state index < -0.39 is 0 Å². The third kappa shape index (κ3) is 4.36. The maximum Gasteiger partial charge on any atom is 0.312 e. The van der Waals surface area contributed by atoms with Gasteiger partial charge in [0.2, 0.25) is 0 Å². The number of hydrogen-bond acceptors (Lipinski definition) is 5. The van der Waals surface area contributed by atoms with Gasteiger partial charge in [0.25, 0.3) is 0 Å². The van der Waals surface area contributed by atoms with Crippen LogP contribution in [0.2, 0.25) is 0 Å². The van der Waals surface area contributed by atoms with Gasteiger partial charge in [0.1, 0.15) is 11.4 Å². The Kier molecular flexibility index (Phi) is 5.80. The second-order valence-electron chi connectivity index (χ2n) is 6.65. The molecule has 0 amide bonds. The molecule has 7 heteroatoms. The lowest BCUT2D eigenvalue weighted by molar-refractivity contribution is -0.386. The summed E-state index contributed by atoms with van der Waals surface area (Å²) in [4.78, 5) is 15.5. The molecule has 0 radical (unpaired) electrons. The van der Waals surface area contributed by atoms with Crippen molar-refractivity contribution in [1.82, 2.24) is 19.6 Å². The van der Waals surface area contributed by atoms with Gasteiger partial charge in [-0.3, -0.25) is 19.9 Å². The number of aromatic nitrogens is 2. The zero-order chi connectivity index (χ0) is 18.5. The standard InChI is InChI=1S/C19H25N5O2/c1-16-19(24(25)26)17(2)23(20-16)15-22-13-11-21(12-14-22)10-6-9-18-7-4-3-5-8-18/h3-9H,10-15H2,1-2H3/b9-6+. The van der Waals surface area contributed by atoms with Crippen molar-refractivity contribution in [1.29, 1.82) is 0 Å². The maximum atomic E-state index is 11.1. The van der Waals surface area contributed by atoms with Crippen molar-refractivity contribution in [2.24, 2.45) is 0 Å². The SMILES string of the molecule is Cc1nn(CN2CCN(C/C=C/c3ccccc3)CC2)c(C)c1[N+](=O)[O-]. The van der Waals surface area contributed by atoms with Gasteiger partial charge < -0.3 is 0 Å². The Labute approximate surface area is 153 Å². The first-order chi connectivity index (χ1) is 12.5. The number of aryl methyl sites for hydroxylation is 1. The average molecular weight is 355 g/mol. The molecule has 0 aliphatic carbocycles. The summed E-state index contributed by atoms with van der Waals surface area (Å²) in [5.41, 5.74) is 2.46. The van der Waals surface area contributed by atoms with Crippen LogP contribution in [0.1, 0.15) is 17.0 Å². The number of rotatable bonds is 6. The average Bonchev–Trinajstić information content (AvgIpc) is 2.91. The summed E-state index contributed by atoms with van der Waals surface area (Å²) in [5.74, 6) is 0. The highest BCUT2D eigenvalue weighted by molar-refractivity contribution is 5.48. The summed E-state index contributed by atoms with van der Waals surface area (Å²) in [5, 5.41) is 15.5. The first-order valence-electron chi connectivity index (χ1n) is 8.89. The molecule has 1 aliphatic heterocycles. The van der Waals surface area contributed by atoms with Gasteiger partial charge in [0.05, 0.1) is 11.6 Å². The van der Waals surface area contributed by atoms with Crippen molar-refractivity contribution in [3.05, 3.63) is 63.5 Å². The molecule has 2 aromatic rings. The van der Waals surface area contributed by atoms with Crippen LogP contribution < -0.4 is 0 Å². The van der Waals surface area contributed by atoms with Crippen LogP contribution in [0.4, 0.5) is 5.69 Å². The molecular weight excluding hydrogens is 330 g/mol. The first-order valence-corrected chi connectivity index (χ1v) is 8.89. The third-order valence-electron chi connectivity index (χ3n) is 4.80. The van der Waals surface area contributed by atoms with Crippen molar-refractivity contribution >= 4 is 11.8 Å². The van der Waals surface area contributed by atoms with E-state index in [-0.39, 0.29) is 10.6 Å². The van der Waals surface area contributed by atoms with Gasteiger partial charge in [-0.05, 0) is 19.4 Å². The molecule has 1 aromatic heterocycles. The molecule has 0 atom stereocenters. The van der Waals surface area contributed by atoms with E-state index in [1.165, 1.54) is 5.56 Å². The second kappa shape index (κ2) is 8.25. The fourth-order valence-electron chi connectivity index (χ4n) is 3.29. The lowest BCUT2D eigenvalue weighted by Gasteiger charge is -2.34. The van der Waals surface area contributed by atoms with E-state index in [1.54, 1.807) is 18.5 Å². The van der Waals surface area contributed by atoms with Gasteiger partial charge in [0.15, 0.2) is 0 Å². The molecule has 0 spiro atoms. The van der Waals surface area contributed by atoms with E-state index in [0.717, 1.165) is 32.7 Å². The van der Waals surface area contributed by atoms with E-state index >= 15 is 0 Å². The van der Waals surface area contributed by atoms with Crippen LogP contribution in [-0.4, -0.2) is 57.2 Å². The summed E-state index contributed by atoms with van der Waals surface area (Å²) in [6.07, 6.45) is 4.36. The highest BCUT2D eigenvalue weighted by Gasteiger charge is 2.23. The van der Waals surface area contributed by atoms with E-state index in [9.17, 15) is 10.1 Å². The molecule has 1 aliphatic rings. The molecule has 1 fully saturated rings. The molecule has 7 nitrogen and oxygen atoms in total. The number of hydrogen-bond donors (Lipinski definition) is 0. The van der Waals surface area contributed by atoms with Crippen LogP contribution in [0.15, 0.2) is 36.4 Å². The Bertz CT molecular complexity index is 777. The normalized spacial score (nSPS) is 16.4. The highest BCUT2D eigenvalue weighted by atomic mass is 16.6. The molecule has 1 aromatic carbocycles. The summed E-state index contributed by atoms with van der Waals surface area (Å²) in [6, 6.07) is 10.3. The lowest BCUT2D eigenvalue weighted by Crippen LogP contribution is -2.46. The molecule has 3 rings (SSSR count). The summed E-state index contributed by atoms with van der Waals surface area (Å²) in [7, 11) is 0. The Balaban J connectivity index is 1.49. The van der Waals surface area contributed by atoms with Crippen LogP contribution >= 0.6 is 0 Å². The Hall–Kier alpha value is -2.51. The highest BCUT2D eigenvalue weighted by Crippen LogP contribution is 2.22. The molecule has 138 valence electrons. The molecule has 0 bridgehead atoms. The van der Waals surface area contributed by atoms with Crippen LogP contribution in [0.3, 0.4) is 0 Å². The molecule has 0 saturated carbocycles. The van der Waals surface area contributed by atoms with Gasteiger partial charge in [-0.25, -0.2) is 4.68 Å². The second-order valence-corrected chi connectivity index (χ2v) is 6.65. The van der Waals surface area contributed by atoms with Crippen molar-refractivity contribution in [2.75, 3.05) is 32.7 Å². The summed E-state index contributed by atoms with van der Waals surface area (Å²) in [6.45, 7) is 8.85. The zero-order valence-corrected chi connectivity index (χ0v) is 15.3. The quantitative estimate of drug-likeness (QED) is 0.589. The predicted octanol–water partition coefficient (Wildman–Crippen LogP) is 2.70. The Morgan fingerprint density at radius 1 is 1.12 bits per heavy atom. The third-order valence-corrected chi connectivity index (χ3v) is 4.80. The molecular formula is C19H25N5O2.